The van der Waals surface area contributed by atoms with E-state index in [0.717, 1.165) is 18.2 Å². The van der Waals surface area contributed by atoms with Gasteiger partial charge in [0.05, 0.1) is 11.1 Å². The summed E-state index contributed by atoms with van der Waals surface area (Å²) in [6.07, 6.45) is -2.55. The third-order valence-corrected chi connectivity index (χ3v) is 3.23. The van der Waals surface area contributed by atoms with Crippen LogP contribution < -0.4 is 0 Å². The van der Waals surface area contributed by atoms with E-state index in [1.54, 1.807) is 0 Å². The number of hydrogen-bond acceptors (Lipinski definition) is 9. The summed E-state index contributed by atoms with van der Waals surface area (Å²) in [6.45, 7) is 12.2. The predicted molar refractivity (Wildman–Crippen MR) is 99.7 cm³/mol. The van der Waals surface area contributed by atoms with Crippen LogP contribution in [-0.2, 0) is 28.5 Å². The van der Waals surface area contributed by atoms with Crippen LogP contribution in [0, 0.1) is 0 Å². The number of phenols is 1. The molecule has 0 bridgehead atoms. The van der Waals surface area contributed by atoms with Crippen LogP contribution in [-0.4, -0.2) is 41.6 Å². The quantitative estimate of drug-likeness (QED) is 0.394. The SMILES string of the molecule is C=C(C)C(=O)OC(C)OC(=O)c1ccc(O)cc1C(=O)OC(C)OC(=O)C(=C)C. The van der Waals surface area contributed by atoms with Crippen molar-refractivity contribution >= 4 is 23.9 Å². The fraction of sp³-hybridized carbons (Fsp3) is 0.300. The third kappa shape index (κ3) is 7.13. The zero-order valence-electron chi connectivity index (χ0n) is 16.5. The van der Waals surface area contributed by atoms with Gasteiger partial charge in [0, 0.05) is 25.0 Å². The fourth-order valence-electron chi connectivity index (χ4n) is 1.86. The second kappa shape index (κ2) is 10.1. The predicted octanol–water partition coefficient (Wildman–Crippen LogP) is 2.64. The van der Waals surface area contributed by atoms with Gasteiger partial charge in [0.25, 0.3) is 0 Å². The molecule has 0 amide bonds. The smallest absolute Gasteiger partial charge is 0.342 e. The number of hydrogen-bond donors (Lipinski definition) is 1. The van der Waals surface area contributed by atoms with Crippen LogP contribution in [0.2, 0.25) is 0 Å². The summed E-state index contributed by atoms with van der Waals surface area (Å²) in [4.78, 5) is 47.7. The molecular weight excluding hydrogens is 384 g/mol. The molecule has 9 heteroatoms. The maximum Gasteiger partial charge on any atom is 0.342 e. The maximum absolute atomic E-state index is 12.4. The van der Waals surface area contributed by atoms with Gasteiger partial charge in [-0.2, -0.15) is 0 Å². The highest BCUT2D eigenvalue weighted by atomic mass is 16.7. The first-order valence-corrected chi connectivity index (χ1v) is 8.40. The van der Waals surface area contributed by atoms with Crippen molar-refractivity contribution in [2.75, 3.05) is 0 Å². The first kappa shape index (κ1) is 23.4. The normalized spacial score (nSPS) is 12.1. The van der Waals surface area contributed by atoms with Crippen molar-refractivity contribution in [2.45, 2.75) is 40.3 Å². The number of esters is 4. The van der Waals surface area contributed by atoms with Crippen molar-refractivity contribution in [3.8, 4) is 5.75 Å². The minimum atomic E-state index is -1.28. The Morgan fingerprint density at radius 1 is 0.793 bits per heavy atom. The van der Waals surface area contributed by atoms with E-state index in [4.69, 9.17) is 18.9 Å². The number of carbonyl (C=O) groups is 4. The lowest BCUT2D eigenvalue weighted by Crippen LogP contribution is -2.25. The minimum Gasteiger partial charge on any atom is -0.508 e. The summed E-state index contributed by atoms with van der Waals surface area (Å²) in [5, 5.41) is 9.65. The van der Waals surface area contributed by atoms with E-state index >= 15 is 0 Å². The highest BCUT2D eigenvalue weighted by Gasteiger charge is 2.25. The van der Waals surface area contributed by atoms with Crippen LogP contribution in [0.15, 0.2) is 42.5 Å². The molecule has 2 unspecified atom stereocenters. The first-order valence-electron chi connectivity index (χ1n) is 8.40. The minimum absolute atomic E-state index is 0.104. The molecule has 1 aromatic rings. The van der Waals surface area contributed by atoms with E-state index in [0.29, 0.717) is 0 Å². The molecule has 0 aromatic heterocycles. The van der Waals surface area contributed by atoms with Crippen molar-refractivity contribution in [1.29, 1.82) is 0 Å². The Bertz CT molecular complexity index is 854. The molecule has 0 radical (unpaired) electrons. The number of carbonyl (C=O) groups excluding carboxylic acids is 4. The van der Waals surface area contributed by atoms with E-state index in [-0.39, 0.29) is 28.0 Å². The van der Waals surface area contributed by atoms with Crippen molar-refractivity contribution in [1.82, 2.24) is 0 Å². The molecule has 0 spiro atoms. The zero-order valence-corrected chi connectivity index (χ0v) is 16.5. The highest BCUT2D eigenvalue weighted by Crippen LogP contribution is 2.20. The van der Waals surface area contributed by atoms with Crippen LogP contribution in [0.1, 0.15) is 48.4 Å². The van der Waals surface area contributed by atoms with Crippen LogP contribution in [0.4, 0.5) is 0 Å². The average molecular weight is 406 g/mol. The number of ether oxygens (including phenoxy) is 4. The van der Waals surface area contributed by atoms with Gasteiger partial charge >= 0.3 is 23.9 Å². The summed E-state index contributed by atoms with van der Waals surface area (Å²) < 4.78 is 19.6. The Morgan fingerprint density at radius 3 is 1.62 bits per heavy atom. The molecule has 1 N–H and O–H groups in total. The molecule has 29 heavy (non-hydrogen) atoms. The van der Waals surface area contributed by atoms with E-state index < -0.39 is 36.5 Å². The van der Waals surface area contributed by atoms with Gasteiger partial charge in [0.1, 0.15) is 5.75 Å². The lowest BCUT2D eigenvalue weighted by molar-refractivity contribution is -0.162. The molecule has 2 atom stereocenters. The van der Waals surface area contributed by atoms with Crippen molar-refractivity contribution < 1.29 is 43.2 Å². The van der Waals surface area contributed by atoms with E-state index in [1.165, 1.54) is 27.7 Å². The van der Waals surface area contributed by atoms with Gasteiger partial charge in [0.15, 0.2) is 0 Å². The Morgan fingerprint density at radius 2 is 1.21 bits per heavy atom. The summed E-state index contributed by atoms with van der Waals surface area (Å²) in [5.74, 6) is -3.91. The zero-order chi connectivity index (χ0) is 22.3. The van der Waals surface area contributed by atoms with E-state index in [2.05, 4.69) is 13.2 Å². The van der Waals surface area contributed by atoms with Crippen molar-refractivity contribution in [3.63, 3.8) is 0 Å². The van der Waals surface area contributed by atoms with Crippen LogP contribution in [0.5, 0.6) is 5.75 Å². The van der Waals surface area contributed by atoms with E-state index in [9.17, 15) is 24.3 Å². The second-order valence-corrected chi connectivity index (χ2v) is 6.05. The molecule has 0 saturated heterocycles. The molecule has 156 valence electrons. The molecule has 0 aliphatic carbocycles. The highest BCUT2D eigenvalue weighted by molar-refractivity contribution is 6.03. The number of aromatic hydroxyl groups is 1. The summed E-state index contributed by atoms with van der Waals surface area (Å²) >= 11 is 0. The average Bonchev–Trinajstić information content (AvgIpc) is 2.60. The molecule has 1 aromatic carbocycles. The summed E-state index contributed by atoms with van der Waals surface area (Å²) in [6, 6.07) is 3.27. The van der Waals surface area contributed by atoms with E-state index in [1.807, 2.05) is 0 Å². The Hall–Kier alpha value is -3.62. The monoisotopic (exact) mass is 406 g/mol. The maximum atomic E-state index is 12.4. The van der Waals surface area contributed by atoms with Crippen LogP contribution in [0.3, 0.4) is 0 Å². The number of rotatable bonds is 8. The molecule has 0 saturated carbocycles. The van der Waals surface area contributed by atoms with Gasteiger partial charge in [-0.15, -0.1) is 0 Å². The molecule has 0 aliphatic rings. The third-order valence-electron chi connectivity index (χ3n) is 3.23. The number of phenolic OH excluding ortho intramolecular Hbond substituents is 1. The first-order chi connectivity index (χ1) is 13.4. The van der Waals surface area contributed by atoms with Crippen LogP contribution in [0.25, 0.3) is 0 Å². The summed E-state index contributed by atoms with van der Waals surface area (Å²) in [5.41, 5.74) is -0.385. The molecular formula is C20H22O9. The Kier molecular flexibility index (Phi) is 8.13. The van der Waals surface area contributed by atoms with Gasteiger partial charge in [0.2, 0.25) is 12.6 Å². The van der Waals surface area contributed by atoms with Gasteiger partial charge in [-0.25, -0.2) is 19.2 Å². The lowest BCUT2D eigenvalue weighted by Gasteiger charge is -2.17. The van der Waals surface area contributed by atoms with Gasteiger partial charge in [-0.1, -0.05) is 13.2 Å². The van der Waals surface area contributed by atoms with Gasteiger partial charge in [-0.05, 0) is 32.0 Å². The van der Waals surface area contributed by atoms with Gasteiger partial charge < -0.3 is 24.1 Å². The fourth-order valence-corrected chi connectivity index (χ4v) is 1.86. The summed E-state index contributed by atoms with van der Waals surface area (Å²) in [7, 11) is 0. The Balaban J connectivity index is 2.95. The second-order valence-electron chi connectivity index (χ2n) is 6.05. The van der Waals surface area contributed by atoms with Crippen molar-refractivity contribution in [3.05, 3.63) is 53.6 Å². The molecule has 1 rings (SSSR count). The molecule has 0 heterocycles. The lowest BCUT2D eigenvalue weighted by atomic mass is 10.1. The molecule has 0 aliphatic heterocycles. The Labute approximate surface area is 167 Å². The molecule has 9 nitrogen and oxygen atoms in total. The van der Waals surface area contributed by atoms with Crippen molar-refractivity contribution in [2.24, 2.45) is 0 Å². The van der Waals surface area contributed by atoms with Gasteiger partial charge in [-0.3, -0.25) is 0 Å². The topological polar surface area (TPSA) is 125 Å². The largest absolute Gasteiger partial charge is 0.508 e. The standard InChI is InChI=1S/C20H22O9/c1-10(2)17(22)26-12(5)28-19(24)15-8-7-14(21)9-16(15)20(25)29-13(6)27-18(23)11(3)4/h7-9,12-13,21H,1,3H2,2,4-6H3. The molecule has 0 fully saturated rings. The number of benzene rings is 1. The van der Waals surface area contributed by atoms with Crippen LogP contribution >= 0.6 is 0 Å².